The summed E-state index contributed by atoms with van der Waals surface area (Å²) in [4.78, 5) is 0. The molecule has 1 aromatic carbocycles. The van der Waals surface area contributed by atoms with Crippen LogP contribution in [0.15, 0.2) is 42.6 Å². The predicted molar refractivity (Wildman–Crippen MR) is 74.9 cm³/mol. The maximum Gasteiger partial charge on any atom is 0.190 e. The Hall–Kier alpha value is -1.70. The lowest BCUT2D eigenvalue weighted by atomic mass is 9.81. The third-order valence-electron chi connectivity index (χ3n) is 3.62. The summed E-state index contributed by atoms with van der Waals surface area (Å²) in [6, 6.07) is 12.3. The van der Waals surface area contributed by atoms with Crippen molar-refractivity contribution < 1.29 is 5.11 Å². The highest BCUT2D eigenvalue weighted by Crippen LogP contribution is 2.28. The van der Waals surface area contributed by atoms with Crippen molar-refractivity contribution in [3.8, 4) is 5.88 Å². The standard InChI is InChI=1S/C16H21NO/c1-13-6-8-14(9-7-13)16(2,3)10-12-17-11-4-5-15(17)18/h4-9,11,18H,10,12H2,1-3H3. The van der Waals surface area contributed by atoms with E-state index in [0.29, 0.717) is 5.88 Å². The van der Waals surface area contributed by atoms with Gasteiger partial charge in [-0.15, -0.1) is 0 Å². The van der Waals surface area contributed by atoms with Crippen molar-refractivity contribution in [2.45, 2.75) is 39.2 Å². The number of rotatable bonds is 4. The number of aryl methyl sites for hydroxylation is 2. The second-order valence-electron chi connectivity index (χ2n) is 5.56. The fraction of sp³-hybridized carbons (Fsp3) is 0.375. The monoisotopic (exact) mass is 243 g/mol. The average Bonchev–Trinajstić information content (AvgIpc) is 2.73. The van der Waals surface area contributed by atoms with Crippen LogP contribution in [0.2, 0.25) is 0 Å². The van der Waals surface area contributed by atoms with Crippen molar-refractivity contribution in [2.75, 3.05) is 0 Å². The second-order valence-corrected chi connectivity index (χ2v) is 5.56. The van der Waals surface area contributed by atoms with Gasteiger partial charge in [0, 0.05) is 12.7 Å². The van der Waals surface area contributed by atoms with E-state index in [1.807, 2.05) is 16.8 Å². The number of nitrogens with zero attached hydrogens (tertiary/aromatic N) is 1. The average molecular weight is 243 g/mol. The van der Waals surface area contributed by atoms with Gasteiger partial charge >= 0.3 is 0 Å². The van der Waals surface area contributed by atoms with Crippen molar-refractivity contribution in [1.82, 2.24) is 4.57 Å². The molecule has 0 bridgehead atoms. The zero-order valence-electron chi connectivity index (χ0n) is 11.4. The van der Waals surface area contributed by atoms with Crippen molar-refractivity contribution >= 4 is 0 Å². The molecule has 0 atom stereocenters. The summed E-state index contributed by atoms with van der Waals surface area (Å²) < 4.78 is 1.88. The maximum atomic E-state index is 9.62. The molecule has 0 aliphatic carbocycles. The van der Waals surface area contributed by atoms with Gasteiger partial charge in [0.25, 0.3) is 0 Å². The molecule has 1 aromatic heterocycles. The van der Waals surface area contributed by atoms with Crippen molar-refractivity contribution in [1.29, 1.82) is 0 Å². The topological polar surface area (TPSA) is 25.2 Å². The van der Waals surface area contributed by atoms with Crippen LogP contribution in [0.25, 0.3) is 0 Å². The molecule has 0 aliphatic rings. The molecule has 1 N–H and O–H groups in total. The molecule has 0 unspecified atom stereocenters. The lowest BCUT2D eigenvalue weighted by Gasteiger charge is -2.26. The van der Waals surface area contributed by atoms with Gasteiger partial charge in [-0.1, -0.05) is 43.7 Å². The first kappa shape index (κ1) is 12.7. The predicted octanol–water partition coefficient (Wildman–Crippen LogP) is 3.87. The van der Waals surface area contributed by atoms with Gasteiger partial charge in [0.2, 0.25) is 0 Å². The highest BCUT2D eigenvalue weighted by Gasteiger charge is 2.20. The summed E-state index contributed by atoms with van der Waals surface area (Å²) in [5.41, 5.74) is 2.75. The van der Waals surface area contributed by atoms with Gasteiger partial charge in [-0.3, -0.25) is 0 Å². The van der Waals surface area contributed by atoms with Crippen LogP contribution in [-0.4, -0.2) is 9.67 Å². The van der Waals surface area contributed by atoms with Gasteiger partial charge in [0.05, 0.1) is 0 Å². The summed E-state index contributed by atoms with van der Waals surface area (Å²) in [5.74, 6) is 0.342. The summed E-state index contributed by atoms with van der Waals surface area (Å²) in [7, 11) is 0. The van der Waals surface area contributed by atoms with Crippen LogP contribution in [-0.2, 0) is 12.0 Å². The molecule has 2 aromatic rings. The Morgan fingerprint density at radius 2 is 1.78 bits per heavy atom. The van der Waals surface area contributed by atoms with Crippen LogP contribution in [0, 0.1) is 6.92 Å². The normalized spacial score (nSPS) is 11.7. The van der Waals surface area contributed by atoms with Crippen LogP contribution >= 0.6 is 0 Å². The molecule has 2 rings (SSSR count). The fourth-order valence-corrected chi connectivity index (χ4v) is 2.14. The Kier molecular flexibility index (Phi) is 3.46. The van der Waals surface area contributed by atoms with E-state index < -0.39 is 0 Å². The van der Waals surface area contributed by atoms with E-state index in [2.05, 4.69) is 45.0 Å². The Morgan fingerprint density at radius 3 is 2.33 bits per heavy atom. The maximum absolute atomic E-state index is 9.62. The first-order valence-electron chi connectivity index (χ1n) is 6.40. The Bertz CT molecular complexity index is 508. The third-order valence-corrected chi connectivity index (χ3v) is 3.62. The van der Waals surface area contributed by atoms with Crippen LogP contribution < -0.4 is 0 Å². The highest BCUT2D eigenvalue weighted by atomic mass is 16.3. The largest absolute Gasteiger partial charge is 0.494 e. The molecule has 0 amide bonds. The zero-order valence-corrected chi connectivity index (χ0v) is 11.4. The SMILES string of the molecule is Cc1ccc(C(C)(C)CCn2cccc2O)cc1. The van der Waals surface area contributed by atoms with Crippen LogP contribution in [0.5, 0.6) is 5.88 Å². The highest BCUT2D eigenvalue weighted by molar-refractivity contribution is 5.27. The lowest BCUT2D eigenvalue weighted by Crippen LogP contribution is -2.19. The Labute approximate surface area is 109 Å². The molecule has 0 saturated carbocycles. The summed E-state index contributed by atoms with van der Waals surface area (Å²) in [6.45, 7) is 7.44. The first-order chi connectivity index (χ1) is 8.49. The molecule has 2 nitrogen and oxygen atoms in total. The molecule has 1 heterocycles. The Morgan fingerprint density at radius 1 is 1.11 bits per heavy atom. The summed E-state index contributed by atoms with van der Waals surface area (Å²) in [6.07, 6.45) is 2.92. The molecule has 18 heavy (non-hydrogen) atoms. The molecular formula is C16H21NO. The molecule has 96 valence electrons. The summed E-state index contributed by atoms with van der Waals surface area (Å²) in [5, 5.41) is 9.62. The van der Waals surface area contributed by atoms with Gasteiger partial charge in [-0.05, 0) is 36.5 Å². The minimum absolute atomic E-state index is 0.115. The van der Waals surface area contributed by atoms with Crippen LogP contribution in [0.1, 0.15) is 31.4 Å². The molecule has 0 aliphatic heterocycles. The quantitative estimate of drug-likeness (QED) is 0.866. The molecule has 2 heteroatoms. The second kappa shape index (κ2) is 4.89. The first-order valence-corrected chi connectivity index (χ1v) is 6.40. The third kappa shape index (κ3) is 2.76. The van der Waals surface area contributed by atoms with Crippen molar-refractivity contribution in [2.24, 2.45) is 0 Å². The van der Waals surface area contributed by atoms with E-state index in [-0.39, 0.29) is 5.41 Å². The zero-order chi connectivity index (χ0) is 13.2. The van der Waals surface area contributed by atoms with Crippen molar-refractivity contribution in [3.05, 3.63) is 53.7 Å². The number of aromatic nitrogens is 1. The van der Waals surface area contributed by atoms with E-state index in [0.717, 1.165) is 13.0 Å². The van der Waals surface area contributed by atoms with Crippen LogP contribution in [0.4, 0.5) is 0 Å². The molecule has 0 saturated heterocycles. The smallest absolute Gasteiger partial charge is 0.190 e. The molecule has 0 fully saturated rings. The minimum Gasteiger partial charge on any atom is -0.494 e. The van der Waals surface area contributed by atoms with E-state index in [1.54, 1.807) is 6.07 Å². The fourth-order valence-electron chi connectivity index (χ4n) is 2.14. The van der Waals surface area contributed by atoms with Crippen LogP contribution in [0.3, 0.4) is 0 Å². The number of hydrogen-bond acceptors (Lipinski definition) is 1. The lowest BCUT2D eigenvalue weighted by molar-refractivity contribution is 0.382. The van der Waals surface area contributed by atoms with Crippen molar-refractivity contribution in [3.63, 3.8) is 0 Å². The number of hydrogen-bond donors (Lipinski definition) is 1. The van der Waals surface area contributed by atoms with Gasteiger partial charge in [-0.2, -0.15) is 0 Å². The number of benzene rings is 1. The van der Waals surface area contributed by atoms with E-state index in [1.165, 1.54) is 11.1 Å². The van der Waals surface area contributed by atoms with Gasteiger partial charge in [0.1, 0.15) is 0 Å². The van der Waals surface area contributed by atoms with Gasteiger partial charge in [0.15, 0.2) is 5.88 Å². The molecule has 0 radical (unpaired) electrons. The molecule has 0 spiro atoms. The minimum atomic E-state index is 0.115. The van der Waals surface area contributed by atoms with Gasteiger partial charge < -0.3 is 9.67 Å². The summed E-state index contributed by atoms with van der Waals surface area (Å²) >= 11 is 0. The van der Waals surface area contributed by atoms with E-state index >= 15 is 0 Å². The van der Waals surface area contributed by atoms with E-state index in [9.17, 15) is 5.11 Å². The number of aromatic hydroxyl groups is 1. The van der Waals surface area contributed by atoms with Gasteiger partial charge in [-0.25, -0.2) is 0 Å². The molecular weight excluding hydrogens is 222 g/mol. The van der Waals surface area contributed by atoms with E-state index in [4.69, 9.17) is 0 Å². The Balaban J connectivity index is 2.07.